The number of aryl methyl sites for hydroxylation is 1. The van der Waals surface area contributed by atoms with Crippen LogP contribution < -0.4 is 0 Å². The van der Waals surface area contributed by atoms with Gasteiger partial charge in [0.05, 0.1) is 28.9 Å². The zero-order valence-electron chi connectivity index (χ0n) is 13.5. The molecule has 6 nitrogen and oxygen atoms in total. The van der Waals surface area contributed by atoms with Gasteiger partial charge in [-0.15, -0.1) is 11.3 Å². The maximum absolute atomic E-state index is 12.9. The Kier molecular flexibility index (Phi) is 3.68. The molecule has 0 saturated carbocycles. The summed E-state index contributed by atoms with van der Waals surface area (Å²) in [5.74, 6) is 0.369. The Labute approximate surface area is 144 Å². The van der Waals surface area contributed by atoms with Gasteiger partial charge in [-0.3, -0.25) is 9.59 Å². The second kappa shape index (κ2) is 5.73. The van der Waals surface area contributed by atoms with Gasteiger partial charge in [-0.2, -0.15) is 0 Å². The van der Waals surface area contributed by atoms with Crippen LogP contribution in [0.4, 0.5) is 0 Å². The monoisotopic (exact) mass is 345 g/mol. The molecule has 2 aliphatic rings. The van der Waals surface area contributed by atoms with Gasteiger partial charge in [0.25, 0.3) is 5.91 Å². The van der Waals surface area contributed by atoms with Crippen molar-refractivity contribution in [2.75, 3.05) is 19.6 Å². The number of hydrogen-bond donors (Lipinski definition) is 0. The second-order valence-corrected chi connectivity index (χ2v) is 7.63. The summed E-state index contributed by atoms with van der Waals surface area (Å²) >= 11 is 1.60. The van der Waals surface area contributed by atoms with Gasteiger partial charge in [0.15, 0.2) is 5.76 Å². The summed E-state index contributed by atoms with van der Waals surface area (Å²) in [6.07, 6.45) is 3.03. The number of aromatic nitrogens is 1. The molecule has 126 valence electrons. The SMILES string of the molecule is Cc1nc(CN2CCC3(CCN(C(=O)c4ccco4)C3)C2=O)cs1. The average molecular weight is 345 g/mol. The minimum absolute atomic E-state index is 0.127. The molecule has 2 aliphatic heterocycles. The number of carbonyl (C=O) groups is 2. The number of likely N-dealkylation sites (tertiary alicyclic amines) is 2. The summed E-state index contributed by atoms with van der Waals surface area (Å²) in [4.78, 5) is 33.4. The third-order valence-electron chi connectivity index (χ3n) is 4.99. The summed E-state index contributed by atoms with van der Waals surface area (Å²) in [5.41, 5.74) is 0.525. The Morgan fingerprint density at radius 2 is 2.25 bits per heavy atom. The van der Waals surface area contributed by atoms with Crippen molar-refractivity contribution < 1.29 is 14.0 Å². The van der Waals surface area contributed by atoms with E-state index in [4.69, 9.17) is 4.42 Å². The van der Waals surface area contributed by atoms with Gasteiger partial charge in [0.1, 0.15) is 0 Å². The zero-order chi connectivity index (χ0) is 16.7. The average Bonchev–Trinajstić information content (AvgIpc) is 3.34. The molecule has 0 bridgehead atoms. The topological polar surface area (TPSA) is 66.7 Å². The molecular weight excluding hydrogens is 326 g/mol. The van der Waals surface area contributed by atoms with Crippen LogP contribution >= 0.6 is 11.3 Å². The lowest BCUT2D eigenvalue weighted by atomic mass is 9.85. The number of rotatable bonds is 3. The van der Waals surface area contributed by atoms with Crippen molar-refractivity contribution in [1.29, 1.82) is 0 Å². The molecule has 1 unspecified atom stereocenters. The molecule has 1 atom stereocenters. The maximum atomic E-state index is 12.9. The Morgan fingerprint density at radius 1 is 1.42 bits per heavy atom. The molecule has 2 amide bonds. The van der Waals surface area contributed by atoms with Gasteiger partial charge in [-0.25, -0.2) is 4.98 Å². The highest BCUT2D eigenvalue weighted by atomic mass is 32.1. The van der Waals surface area contributed by atoms with E-state index in [0.29, 0.717) is 25.4 Å². The first kappa shape index (κ1) is 15.4. The van der Waals surface area contributed by atoms with Crippen molar-refractivity contribution >= 4 is 23.2 Å². The standard InChI is InChI=1S/C17H19N3O3S/c1-12-18-13(10-24-12)9-19-6-4-17(16(19)22)5-7-20(11-17)15(21)14-3-2-8-23-14/h2-3,8,10H,4-7,9,11H2,1H3. The first-order chi connectivity index (χ1) is 11.6. The fourth-order valence-electron chi connectivity index (χ4n) is 3.70. The predicted octanol–water partition coefficient (Wildman–Crippen LogP) is 2.31. The lowest BCUT2D eigenvalue weighted by Gasteiger charge is -2.23. The second-order valence-electron chi connectivity index (χ2n) is 6.57. The van der Waals surface area contributed by atoms with Crippen molar-refractivity contribution in [3.8, 4) is 0 Å². The van der Waals surface area contributed by atoms with Crippen LogP contribution in [-0.4, -0.2) is 46.2 Å². The third kappa shape index (κ3) is 2.53. The molecule has 0 aliphatic carbocycles. The number of nitrogens with zero attached hydrogens (tertiary/aromatic N) is 3. The highest BCUT2D eigenvalue weighted by Gasteiger charge is 2.51. The fraction of sp³-hybridized carbons (Fsp3) is 0.471. The molecular formula is C17H19N3O3S. The van der Waals surface area contributed by atoms with E-state index in [1.54, 1.807) is 28.4 Å². The van der Waals surface area contributed by atoms with Crippen LogP contribution in [0.15, 0.2) is 28.2 Å². The fourth-order valence-corrected chi connectivity index (χ4v) is 4.30. The van der Waals surface area contributed by atoms with E-state index in [0.717, 1.165) is 30.1 Å². The summed E-state index contributed by atoms with van der Waals surface area (Å²) in [7, 11) is 0. The van der Waals surface area contributed by atoms with E-state index in [-0.39, 0.29) is 11.8 Å². The zero-order valence-corrected chi connectivity index (χ0v) is 14.3. The van der Waals surface area contributed by atoms with Crippen LogP contribution in [0.1, 0.15) is 34.1 Å². The molecule has 0 aromatic carbocycles. The smallest absolute Gasteiger partial charge is 0.289 e. The van der Waals surface area contributed by atoms with E-state index in [1.807, 2.05) is 17.2 Å². The lowest BCUT2D eigenvalue weighted by Crippen LogP contribution is -2.38. The van der Waals surface area contributed by atoms with E-state index < -0.39 is 5.41 Å². The molecule has 2 saturated heterocycles. The van der Waals surface area contributed by atoms with Gasteiger partial charge in [-0.05, 0) is 31.9 Å². The van der Waals surface area contributed by atoms with Gasteiger partial charge < -0.3 is 14.2 Å². The Balaban J connectivity index is 1.45. The minimum Gasteiger partial charge on any atom is -0.459 e. The number of amides is 2. The normalized spacial score (nSPS) is 23.6. The first-order valence-corrected chi connectivity index (χ1v) is 8.99. The Morgan fingerprint density at radius 3 is 2.96 bits per heavy atom. The highest BCUT2D eigenvalue weighted by molar-refractivity contribution is 7.09. The van der Waals surface area contributed by atoms with E-state index >= 15 is 0 Å². The molecule has 2 aromatic rings. The van der Waals surface area contributed by atoms with Crippen molar-refractivity contribution in [3.05, 3.63) is 40.2 Å². The Bertz CT molecular complexity index is 770. The number of carbonyl (C=O) groups excluding carboxylic acids is 2. The van der Waals surface area contributed by atoms with Crippen LogP contribution in [0.5, 0.6) is 0 Å². The van der Waals surface area contributed by atoms with E-state index in [1.165, 1.54) is 6.26 Å². The summed E-state index contributed by atoms with van der Waals surface area (Å²) in [5, 5.41) is 3.03. The van der Waals surface area contributed by atoms with Gasteiger partial charge in [-0.1, -0.05) is 0 Å². The minimum atomic E-state index is -0.423. The van der Waals surface area contributed by atoms with Crippen molar-refractivity contribution in [3.63, 3.8) is 0 Å². The summed E-state index contributed by atoms with van der Waals surface area (Å²) in [6.45, 7) is 4.36. The molecule has 4 heterocycles. The molecule has 2 fully saturated rings. The molecule has 0 N–H and O–H groups in total. The molecule has 24 heavy (non-hydrogen) atoms. The molecule has 2 aromatic heterocycles. The predicted molar refractivity (Wildman–Crippen MR) is 88.5 cm³/mol. The van der Waals surface area contributed by atoms with E-state index in [9.17, 15) is 9.59 Å². The quantitative estimate of drug-likeness (QED) is 0.856. The summed E-state index contributed by atoms with van der Waals surface area (Å²) in [6, 6.07) is 3.37. The first-order valence-electron chi connectivity index (χ1n) is 8.11. The molecule has 0 radical (unpaired) electrons. The Hall–Kier alpha value is -2.15. The largest absolute Gasteiger partial charge is 0.459 e. The summed E-state index contributed by atoms with van der Waals surface area (Å²) < 4.78 is 5.19. The maximum Gasteiger partial charge on any atom is 0.289 e. The molecule has 4 rings (SSSR count). The van der Waals surface area contributed by atoms with Crippen LogP contribution in [0.25, 0.3) is 0 Å². The van der Waals surface area contributed by atoms with Crippen LogP contribution in [0.2, 0.25) is 0 Å². The number of hydrogen-bond acceptors (Lipinski definition) is 5. The van der Waals surface area contributed by atoms with Crippen molar-refractivity contribution in [2.24, 2.45) is 5.41 Å². The van der Waals surface area contributed by atoms with Crippen LogP contribution in [0, 0.1) is 12.3 Å². The van der Waals surface area contributed by atoms with Crippen LogP contribution in [0.3, 0.4) is 0 Å². The number of furan rings is 1. The van der Waals surface area contributed by atoms with E-state index in [2.05, 4.69) is 4.98 Å². The van der Waals surface area contributed by atoms with Gasteiger partial charge >= 0.3 is 0 Å². The highest BCUT2D eigenvalue weighted by Crippen LogP contribution is 2.41. The number of thiazole rings is 1. The van der Waals surface area contributed by atoms with Crippen molar-refractivity contribution in [2.45, 2.75) is 26.3 Å². The molecule has 7 heteroatoms. The van der Waals surface area contributed by atoms with Gasteiger partial charge in [0.2, 0.25) is 5.91 Å². The molecule has 1 spiro atoms. The van der Waals surface area contributed by atoms with Gasteiger partial charge in [0, 0.05) is 25.0 Å². The lowest BCUT2D eigenvalue weighted by molar-refractivity contribution is -0.135. The van der Waals surface area contributed by atoms with Crippen molar-refractivity contribution in [1.82, 2.24) is 14.8 Å². The van der Waals surface area contributed by atoms with Crippen LogP contribution in [-0.2, 0) is 11.3 Å². The third-order valence-corrected chi connectivity index (χ3v) is 5.82.